The van der Waals surface area contributed by atoms with Crippen molar-refractivity contribution >= 4 is 27.5 Å². The van der Waals surface area contributed by atoms with Crippen LogP contribution in [0, 0.1) is 6.92 Å². The molecule has 0 spiro atoms. The fourth-order valence-electron chi connectivity index (χ4n) is 4.76. The van der Waals surface area contributed by atoms with Crippen molar-refractivity contribution in [2.24, 2.45) is 0 Å². The van der Waals surface area contributed by atoms with Crippen molar-refractivity contribution < 1.29 is 18.0 Å². The van der Waals surface area contributed by atoms with Crippen LogP contribution >= 0.6 is 0 Å². The number of hydrogen-bond acceptors (Lipinski definition) is 4. The van der Waals surface area contributed by atoms with E-state index in [9.17, 15) is 18.0 Å². The minimum atomic E-state index is -3.72. The molecule has 0 aliphatic heterocycles. The van der Waals surface area contributed by atoms with Gasteiger partial charge in [-0.25, -0.2) is 8.42 Å². The fraction of sp³-hybridized carbons (Fsp3) is 0.500. The molecule has 2 amide bonds. The van der Waals surface area contributed by atoms with E-state index in [4.69, 9.17) is 0 Å². The molecular formula is C28H39N3O4S. The zero-order chi connectivity index (χ0) is 26.1. The van der Waals surface area contributed by atoms with Crippen molar-refractivity contribution in [2.75, 3.05) is 23.7 Å². The Balaban J connectivity index is 1.84. The standard InChI is InChI=1S/C28H39N3O4S/c1-4-26(28(33)29-24-13-9-6-10-14-24)30(20-19-23-11-7-5-8-12-23)27(32)21-31(36(3,34)35)25-17-15-22(2)16-18-25/h5,7-8,11-12,15-18,24,26H,4,6,9-10,13-14,19-21H2,1-3H3,(H,29,33)/t26-/m1/s1. The summed E-state index contributed by atoms with van der Waals surface area (Å²) < 4.78 is 26.5. The number of aryl methyl sites for hydroxylation is 1. The number of hydrogen-bond donors (Lipinski definition) is 1. The predicted octanol–water partition coefficient (Wildman–Crippen LogP) is 4.06. The molecule has 0 saturated heterocycles. The summed E-state index contributed by atoms with van der Waals surface area (Å²) in [7, 11) is -3.72. The normalized spacial score (nSPS) is 15.2. The van der Waals surface area contributed by atoms with Gasteiger partial charge in [0.25, 0.3) is 0 Å². The molecule has 0 heterocycles. The molecule has 0 bridgehead atoms. The van der Waals surface area contributed by atoms with Gasteiger partial charge in [0, 0.05) is 12.6 Å². The van der Waals surface area contributed by atoms with Crippen molar-refractivity contribution in [3.63, 3.8) is 0 Å². The number of rotatable bonds is 11. The minimum Gasteiger partial charge on any atom is -0.352 e. The number of carbonyl (C=O) groups excluding carboxylic acids is 2. The van der Waals surface area contributed by atoms with Crippen molar-refractivity contribution in [3.8, 4) is 0 Å². The molecule has 1 aliphatic rings. The Morgan fingerprint density at radius 1 is 1.00 bits per heavy atom. The zero-order valence-electron chi connectivity index (χ0n) is 21.7. The second-order valence-corrected chi connectivity index (χ2v) is 11.6. The lowest BCUT2D eigenvalue weighted by Gasteiger charge is -2.34. The van der Waals surface area contributed by atoms with E-state index in [0.717, 1.165) is 47.4 Å². The molecule has 0 unspecified atom stereocenters. The third-order valence-electron chi connectivity index (χ3n) is 6.82. The lowest BCUT2D eigenvalue weighted by molar-refractivity contribution is -0.140. The van der Waals surface area contributed by atoms with Crippen LogP contribution in [0.1, 0.15) is 56.6 Å². The smallest absolute Gasteiger partial charge is 0.244 e. The maximum absolute atomic E-state index is 13.7. The van der Waals surface area contributed by atoms with Crippen LogP contribution in [-0.4, -0.2) is 56.6 Å². The summed E-state index contributed by atoms with van der Waals surface area (Å²) >= 11 is 0. The van der Waals surface area contributed by atoms with E-state index in [1.54, 1.807) is 17.0 Å². The van der Waals surface area contributed by atoms with Crippen LogP contribution in [-0.2, 0) is 26.0 Å². The van der Waals surface area contributed by atoms with Gasteiger partial charge >= 0.3 is 0 Å². The lowest BCUT2D eigenvalue weighted by Crippen LogP contribution is -2.54. The molecular weight excluding hydrogens is 474 g/mol. The van der Waals surface area contributed by atoms with Crippen molar-refractivity contribution in [3.05, 3.63) is 65.7 Å². The third-order valence-corrected chi connectivity index (χ3v) is 7.96. The van der Waals surface area contributed by atoms with Gasteiger partial charge in [0.2, 0.25) is 21.8 Å². The van der Waals surface area contributed by atoms with Crippen molar-refractivity contribution in [1.29, 1.82) is 0 Å². The van der Waals surface area contributed by atoms with Gasteiger partial charge in [-0.05, 0) is 50.3 Å². The van der Waals surface area contributed by atoms with Crippen LogP contribution in [0.15, 0.2) is 54.6 Å². The van der Waals surface area contributed by atoms with Gasteiger partial charge < -0.3 is 10.2 Å². The summed E-state index contributed by atoms with van der Waals surface area (Å²) in [6, 6.07) is 16.3. The van der Waals surface area contributed by atoms with Gasteiger partial charge in [-0.3, -0.25) is 13.9 Å². The van der Waals surface area contributed by atoms with Crippen LogP contribution in [0.3, 0.4) is 0 Å². The van der Waals surface area contributed by atoms with Gasteiger partial charge in [0.1, 0.15) is 12.6 Å². The number of nitrogens with one attached hydrogen (secondary N) is 1. The Bertz CT molecular complexity index is 1100. The Labute approximate surface area is 215 Å². The number of nitrogens with zero attached hydrogens (tertiary/aromatic N) is 2. The maximum atomic E-state index is 13.7. The highest BCUT2D eigenvalue weighted by molar-refractivity contribution is 7.92. The largest absolute Gasteiger partial charge is 0.352 e. The second kappa shape index (κ2) is 12.9. The Hall–Kier alpha value is -2.87. The first-order chi connectivity index (χ1) is 17.2. The summed E-state index contributed by atoms with van der Waals surface area (Å²) in [5.41, 5.74) is 2.48. The summed E-state index contributed by atoms with van der Waals surface area (Å²) in [6.07, 6.45) is 7.40. The molecule has 1 fully saturated rings. The molecule has 1 N–H and O–H groups in total. The Kier molecular flexibility index (Phi) is 9.93. The monoisotopic (exact) mass is 513 g/mol. The zero-order valence-corrected chi connectivity index (χ0v) is 22.5. The van der Waals surface area contributed by atoms with Gasteiger partial charge in [-0.2, -0.15) is 0 Å². The number of amides is 2. The van der Waals surface area contributed by atoms with E-state index < -0.39 is 16.1 Å². The highest BCUT2D eigenvalue weighted by atomic mass is 32.2. The lowest BCUT2D eigenvalue weighted by atomic mass is 9.95. The summed E-state index contributed by atoms with van der Waals surface area (Å²) in [4.78, 5) is 28.6. The molecule has 2 aromatic carbocycles. The molecule has 7 nitrogen and oxygen atoms in total. The van der Waals surface area contributed by atoms with Crippen LogP contribution < -0.4 is 9.62 Å². The molecule has 1 atom stereocenters. The van der Waals surface area contributed by atoms with Crippen LogP contribution in [0.5, 0.6) is 0 Å². The molecule has 36 heavy (non-hydrogen) atoms. The van der Waals surface area contributed by atoms with E-state index >= 15 is 0 Å². The first-order valence-electron chi connectivity index (χ1n) is 12.9. The van der Waals surface area contributed by atoms with Crippen molar-refractivity contribution in [2.45, 2.75) is 70.9 Å². The Morgan fingerprint density at radius 2 is 1.64 bits per heavy atom. The van der Waals surface area contributed by atoms with E-state index in [1.165, 1.54) is 6.42 Å². The molecule has 0 radical (unpaired) electrons. The second-order valence-electron chi connectivity index (χ2n) is 9.70. The predicted molar refractivity (Wildman–Crippen MR) is 144 cm³/mol. The minimum absolute atomic E-state index is 0.131. The van der Waals surface area contributed by atoms with E-state index in [0.29, 0.717) is 25.1 Å². The number of benzene rings is 2. The molecule has 3 rings (SSSR count). The highest BCUT2D eigenvalue weighted by Crippen LogP contribution is 2.21. The van der Waals surface area contributed by atoms with Gasteiger partial charge in [0.05, 0.1) is 11.9 Å². The Morgan fingerprint density at radius 3 is 2.22 bits per heavy atom. The summed E-state index contributed by atoms with van der Waals surface area (Å²) in [5.74, 6) is -0.547. The van der Waals surface area contributed by atoms with Gasteiger partial charge in [-0.1, -0.05) is 74.2 Å². The van der Waals surface area contributed by atoms with Crippen LogP contribution in [0.2, 0.25) is 0 Å². The fourth-order valence-corrected chi connectivity index (χ4v) is 5.61. The van der Waals surface area contributed by atoms with E-state index in [-0.39, 0.29) is 24.4 Å². The number of carbonyl (C=O) groups is 2. The maximum Gasteiger partial charge on any atom is 0.244 e. The first kappa shape index (κ1) is 27.7. The molecule has 1 aliphatic carbocycles. The third kappa shape index (κ3) is 7.82. The topological polar surface area (TPSA) is 86.8 Å². The van der Waals surface area contributed by atoms with E-state index in [1.807, 2.05) is 56.3 Å². The molecule has 0 aromatic heterocycles. The average Bonchev–Trinajstić information content (AvgIpc) is 2.86. The first-order valence-corrected chi connectivity index (χ1v) is 14.7. The number of anilines is 1. The van der Waals surface area contributed by atoms with Gasteiger partial charge in [-0.15, -0.1) is 0 Å². The molecule has 8 heteroatoms. The molecule has 196 valence electrons. The number of sulfonamides is 1. The summed E-state index contributed by atoms with van der Waals surface area (Å²) in [6.45, 7) is 3.78. The quantitative estimate of drug-likeness (QED) is 0.491. The van der Waals surface area contributed by atoms with Crippen LogP contribution in [0.25, 0.3) is 0 Å². The molecule has 2 aromatic rings. The molecule has 1 saturated carbocycles. The van der Waals surface area contributed by atoms with Crippen molar-refractivity contribution in [1.82, 2.24) is 10.2 Å². The van der Waals surface area contributed by atoms with Gasteiger partial charge in [0.15, 0.2) is 0 Å². The summed E-state index contributed by atoms with van der Waals surface area (Å²) in [5, 5.41) is 3.16. The SMILES string of the molecule is CC[C@H](C(=O)NC1CCCCC1)N(CCc1ccccc1)C(=O)CN(c1ccc(C)cc1)S(C)(=O)=O. The average molecular weight is 514 g/mol. The highest BCUT2D eigenvalue weighted by Gasteiger charge is 2.32. The van der Waals surface area contributed by atoms with E-state index in [2.05, 4.69) is 5.32 Å². The van der Waals surface area contributed by atoms with Crippen LogP contribution in [0.4, 0.5) is 5.69 Å².